The van der Waals surface area contributed by atoms with Crippen molar-refractivity contribution < 1.29 is 18.5 Å². The molecule has 0 radical (unpaired) electrons. The fourth-order valence-corrected chi connectivity index (χ4v) is 6.66. The van der Waals surface area contributed by atoms with Crippen LogP contribution in [0.4, 0.5) is 0 Å². The van der Waals surface area contributed by atoms with Crippen LogP contribution in [0.3, 0.4) is 0 Å². The second-order valence-corrected chi connectivity index (χ2v) is 19.0. The molecule has 230 valence electrons. The first-order chi connectivity index (χ1) is 17.9. The zero-order chi connectivity index (χ0) is 30.4. The minimum absolute atomic E-state index is 0.117. The highest BCUT2D eigenvalue weighted by atomic mass is 32.5. The summed E-state index contributed by atoms with van der Waals surface area (Å²) in [6.07, 6.45) is -0.117. The van der Waals surface area contributed by atoms with Crippen LogP contribution < -0.4 is 5.32 Å². The van der Waals surface area contributed by atoms with Gasteiger partial charge in [0.1, 0.15) is 6.10 Å². The van der Waals surface area contributed by atoms with E-state index >= 15 is 0 Å². The highest BCUT2D eigenvalue weighted by molar-refractivity contribution is 8.09. The first-order valence-electron chi connectivity index (χ1n) is 14.0. The Hall–Kier alpha value is 0.240. The second kappa shape index (κ2) is 19.4. The third-order valence-electron chi connectivity index (χ3n) is 6.35. The van der Waals surface area contributed by atoms with Gasteiger partial charge >= 0.3 is 0 Å². The molecule has 1 aromatic carbocycles. The summed E-state index contributed by atoms with van der Waals surface area (Å²) in [7, 11) is 1.94. The lowest BCUT2D eigenvalue weighted by molar-refractivity contribution is 0.120. The molecule has 4 unspecified atom stereocenters. The molecule has 0 saturated carbocycles. The van der Waals surface area contributed by atoms with Crippen molar-refractivity contribution in [2.24, 2.45) is 0 Å². The minimum Gasteiger partial charge on any atom is -0.345 e. The van der Waals surface area contributed by atoms with Gasteiger partial charge in [0.25, 0.3) is 0 Å². The van der Waals surface area contributed by atoms with Crippen molar-refractivity contribution in [2.75, 3.05) is 46.7 Å². The molecule has 1 rings (SSSR count). The average Bonchev–Trinajstić information content (AvgIpc) is 2.82. The van der Waals surface area contributed by atoms with Crippen LogP contribution >= 0.6 is 13.0 Å². The normalized spacial score (nSPS) is 16.9. The summed E-state index contributed by atoms with van der Waals surface area (Å²) in [6, 6.07) is 12.3. The summed E-state index contributed by atoms with van der Waals surface area (Å²) < 4.78 is 17.5. The molecule has 0 bridgehead atoms. The lowest BCUT2D eigenvalue weighted by atomic mass is 10.0. The number of rotatable bonds is 17. The van der Waals surface area contributed by atoms with E-state index in [1.807, 2.05) is 31.9 Å². The lowest BCUT2D eigenvalue weighted by Gasteiger charge is -2.32. The van der Waals surface area contributed by atoms with Gasteiger partial charge in [-0.15, -0.1) is 0 Å². The van der Waals surface area contributed by atoms with Crippen molar-refractivity contribution >= 4 is 36.6 Å². The minimum atomic E-state index is -2.48. The monoisotopic (exact) mass is 625 g/mol. The van der Waals surface area contributed by atoms with Crippen LogP contribution in [0.5, 0.6) is 0 Å². The molecule has 0 fully saturated rings. The van der Waals surface area contributed by atoms with Crippen molar-refractivity contribution in [3.8, 4) is 0 Å². The van der Waals surface area contributed by atoms with Crippen molar-refractivity contribution in [3.63, 3.8) is 0 Å². The van der Waals surface area contributed by atoms with Gasteiger partial charge in [0.15, 0.2) is 13.0 Å². The summed E-state index contributed by atoms with van der Waals surface area (Å²) >= 11 is 10.5. The third-order valence-corrected chi connectivity index (χ3v) is 9.17. The predicted molar refractivity (Wildman–Crippen MR) is 177 cm³/mol. The highest BCUT2D eigenvalue weighted by Gasteiger charge is 2.26. The molecule has 2 N–H and O–H groups in total. The van der Waals surface area contributed by atoms with Crippen molar-refractivity contribution in [2.45, 2.75) is 98.6 Å². The summed E-state index contributed by atoms with van der Waals surface area (Å²) in [5.41, 5.74) is 1.12. The van der Waals surface area contributed by atoms with Gasteiger partial charge in [-0.25, -0.2) is 0 Å². The van der Waals surface area contributed by atoms with Gasteiger partial charge in [-0.2, -0.15) is 0 Å². The summed E-state index contributed by atoms with van der Waals surface area (Å²) in [5, 5.41) is 3.27. The molecule has 4 atom stereocenters. The molecule has 11 heteroatoms. The summed E-state index contributed by atoms with van der Waals surface area (Å²) in [6.45, 7) is 21.0. The van der Waals surface area contributed by atoms with Crippen molar-refractivity contribution in [1.29, 1.82) is 0 Å². The predicted octanol–water partition coefficient (Wildman–Crippen LogP) is 6.48. The van der Waals surface area contributed by atoms with E-state index in [1.165, 1.54) is 0 Å². The number of benzene rings is 1. The van der Waals surface area contributed by atoms with Gasteiger partial charge in [-0.05, 0) is 98.5 Å². The van der Waals surface area contributed by atoms with Crippen molar-refractivity contribution in [3.05, 3.63) is 35.9 Å². The van der Waals surface area contributed by atoms with E-state index in [0.717, 1.165) is 18.7 Å². The van der Waals surface area contributed by atoms with Crippen LogP contribution in [0.25, 0.3) is 0 Å². The topological polar surface area (TPSA) is 66.4 Å². The Morgan fingerprint density at radius 3 is 1.54 bits per heavy atom. The Morgan fingerprint density at radius 1 is 0.769 bits per heavy atom. The molecular weight excluding hydrogens is 568 g/mol. The number of hydrogen-bond donors (Lipinski definition) is 2. The largest absolute Gasteiger partial charge is 0.345 e. The molecular formula is C28H57N3O4P2S2. The first kappa shape index (κ1) is 39.2. The van der Waals surface area contributed by atoms with Gasteiger partial charge < -0.3 is 23.8 Å². The van der Waals surface area contributed by atoms with Gasteiger partial charge in [-0.3, -0.25) is 9.80 Å². The molecule has 0 amide bonds. The van der Waals surface area contributed by atoms with Crippen LogP contribution in [-0.2, 0) is 37.2 Å². The Labute approximate surface area is 250 Å². The average molecular weight is 626 g/mol. The number of nitrogens with zero attached hydrogens (tertiary/aromatic N) is 2. The number of nitrogens with one attached hydrogen (secondary N) is 1. The van der Waals surface area contributed by atoms with Gasteiger partial charge in [0.2, 0.25) is 0 Å². The van der Waals surface area contributed by atoms with Gasteiger partial charge in [0, 0.05) is 56.6 Å². The van der Waals surface area contributed by atoms with E-state index in [9.17, 15) is 4.89 Å². The van der Waals surface area contributed by atoms with Crippen molar-refractivity contribution in [1.82, 2.24) is 15.1 Å². The van der Waals surface area contributed by atoms with Gasteiger partial charge in [0.05, 0.1) is 13.2 Å². The lowest BCUT2D eigenvalue weighted by Crippen LogP contribution is -2.39. The molecule has 0 heterocycles. The second-order valence-electron chi connectivity index (χ2n) is 11.1. The van der Waals surface area contributed by atoms with E-state index in [4.69, 9.17) is 37.2 Å². The first-order valence-corrected chi connectivity index (χ1v) is 20.2. The molecule has 0 aromatic heterocycles. The van der Waals surface area contributed by atoms with Gasteiger partial charge in [-0.1, -0.05) is 30.3 Å². The van der Waals surface area contributed by atoms with Crippen LogP contribution in [0.1, 0.15) is 74.0 Å². The molecule has 0 aliphatic rings. The SMILES string of the molecule is CC(C)N(CCOP(C)(O)=S)C(C)C.CNC(C)C(OP(C)(=S)OCCN(C(C)C)C(C)C)c1ccccc1. The van der Waals surface area contributed by atoms with E-state index in [2.05, 4.69) is 89.6 Å². The standard InChI is InChI=1S/C19H35N2O2PS.C9H22NO2PS/c1-15(2)21(16(3)4)13-14-22-24(7,25)23-19(17(5)20-6)18-11-9-8-10-12-18;1-8(2)10(9(3)4)6-7-12-13(5,11)14/h8-12,15-17,19-20H,13-14H2,1-7H3;8-9H,6-7H2,1-5H3,(H,11,14). The summed E-state index contributed by atoms with van der Waals surface area (Å²) in [4.78, 5) is 14.0. The smallest absolute Gasteiger partial charge is 0.186 e. The van der Waals surface area contributed by atoms with Crippen LogP contribution in [0, 0.1) is 0 Å². The maximum atomic E-state index is 9.29. The zero-order valence-corrected chi connectivity index (χ0v) is 29.9. The fraction of sp³-hybridized carbons (Fsp3) is 0.786. The summed E-state index contributed by atoms with van der Waals surface area (Å²) in [5.74, 6) is 0. The van der Waals surface area contributed by atoms with E-state index < -0.39 is 13.0 Å². The Bertz CT molecular complexity index is 854. The van der Waals surface area contributed by atoms with E-state index in [1.54, 1.807) is 6.66 Å². The molecule has 0 aliphatic heterocycles. The fourth-order valence-electron chi connectivity index (χ4n) is 4.32. The highest BCUT2D eigenvalue weighted by Crippen LogP contribution is 2.49. The molecule has 0 spiro atoms. The Balaban J connectivity index is 0.000000876. The Morgan fingerprint density at radius 2 is 1.18 bits per heavy atom. The third kappa shape index (κ3) is 17.7. The van der Waals surface area contributed by atoms with Crippen LogP contribution in [-0.4, -0.2) is 91.6 Å². The molecule has 1 aromatic rings. The maximum Gasteiger partial charge on any atom is 0.186 e. The van der Waals surface area contributed by atoms with E-state index in [0.29, 0.717) is 37.4 Å². The molecule has 0 saturated heterocycles. The molecule has 7 nitrogen and oxygen atoms in total. The zero-order valence-electron chi connectivity index (χ0n) is 26.5. The maximum absolute atomic E-state index is 9.29. The molecule has 39 heavy (non-hydrogen) atoms. The van der Waals surface area contributed by atoms with Crippen LogP contribution in [0.2, 0.25) is 0 Å². The van der Waals surface area contributed by atoms with E-state index in [-0.39, 0.29) is 12.1 Å². The quantitative estimate of drug-likeness (QED) is 0.189. The van der Waals surface area contributed by atoms with Crippen LogP contribution in [0.15, 0.2) is 30.3 Å². The molecule has 0 aliphatic carbocycles. The number of hydrogen-bond acceptors (Lipinski definition) is 8. The Kier molecular flexibility index (Phi) is 19.6. The number of likely N-dealkylation sites (N-methyl/N-ethyl adjacent to an activating group) is 1.